The second kappa shape index (κ2) is 19.5. The van der Waals surface area contributed by atoms with E-state index >= 15 is 0 Å². The minimum atomic E-state index is -4.21. The maximum atomic E-state index is 12.3. The van der Waals surface area contributed by atoms with Crippen molar-refractivity contribution in [1.29, 1.82) is 0 Å². The zero-order chi connectivity index (χ0) is 25.1. The number of benzene rings is 1. The summed E-state index contributed by atoms with van der Waals surface area (Å²) < 4.78 is 12.6. The maximum absolute atomic E-state index is 12.3. The minimum Gasteiger partial charge on any atom is -0.352 e. The Kier molecular flexibility index (Phi) is 18.0. The van der Waals surface area contributed by atoms with Crippen LogP contribution in [0.15, 0.2) is 36.4 Å². The van der Waals surface area contributed by atoms with Crippen LogP contribution in [0.2, 0.25) is 0 Å². The van der Waals surface area contributed by atoms with Crippen molar-refractivity contribution in [2.45, 2.75) is 109 Å². The number of allylic oxidation sites excluding steroid dienone is 2. The second-order valence-corrected chi connectivity index (χ2v) is 12.2. The van der Waals surface area contributed by atoms with Gasteiger partial charge in [-0.05, 0) is 78.8 Å². The molecular formula is C27H45INO4P. The second-order valence-electron chi connectivity index (χ2n) is 9.28. The van der Waals surface area contributed by atoms with Crippen molar-refractivity contribution in [2.24, 2.45) is 0 Å². The summed E-state index contributed by atoms with van der Waals surface area (Å²) in [7, 11) is -4.21. The van der Waals surface area contributed by atoms with Crippen LogP contribution in [0, 0.1) is 3.57 Å². The van der Waals surface area contributed by atoms with Gasteiger partial charge in [0.25, 0.3) is 0 Å². The molecule has 0 saturated carbocycles. The fourth-order valence-corrected chi connectivity index (χ4v) is 5.16. The van der Waals surface area contributed by atoms with Gasteiger partial charge in [0.15, 0.2) is 0 Å². The summed E-state index contributed by atoms with van der Waals surface area (Å²) in [5.74, 6) is -0.124. The number of carbonyl (C=O) groups excluding carboxylic acids is 1. The first-order chi connectivity index (χ1) is 16.3. The fraction of sp³-hybridized carbons (Fsp3) is 0.667. The Morgan fingerprint density at radius 2 is 1.44 bits per heavy atom. The molecule has 1 amide bonds. The van der Waals surface area contributed by atoms with Crippen LogP contribution in [0.5, 0.6) is 0 Å². The van der Waals surface area contributed by atoms with Crippen molar-refractivity contribution in [2.75, 3.05) is 6.16 Å². The number of unbranched alkanes of at least 4 members (excludes halogenated alkanes) is 11. The number of hydrogen-bond acceptors (Lipinski definition) is 2. The van der Waals surface area contributed by atoms with E-state index in [1.54, 1.807) is 0 Å². The van der Waals surface area contributed by atoms with Crippen molar-refractivity contribution in [3.8, 4) is 0 Å². The number of hydrogen-bond donors (Lipinski definition) is 3. The van der Waals surface area contributed by atoms with Crippen LogP contribution in [0.3, 0.4) is 0 Å². The predicted molar refractivity (Wildman–Crippen MR) is 151 cm³/mol. The van der Waals surface area contributed by atoms with Crippen LogP contribution >= 0.6 is 30.2 Å². The number of amides is 1. The van der Waals surface area contributed by atoms with Gasteiger partial charge in [0, 0.05) is 16.0 Å². The molecule has 0 aromatic heterocycles. The molecule has 1 rings (SSSR count). The molecular weight excluding hydrogens is 560 g/mol. The SMILES string of the molecule is CCCCCCCCC=CCCCCCCCC(=O)N[C@H](Cc1ccc(I)cc1)CP(=O)(O)O. The van der Waals surface area contributed by atoms with E-state index in [0.717, 1.165) is 34.8 Å². The number of nitrogens with one attached hydrogen (secondary N) is 1. The van der Waals surface area contributed by atoms with Crippen LogP contribution in [0.1, 0.15) is 102 Å². The lowest BCUT2D eigenvalue weighted by Crippen LogP contribution is -2.39. The molecule has 1 atom stereocenters. The molecule has 0 aliphatic rings. The molecule has 0 spiro atoms. The number of carbonyl (C=O) groups is 1. The Bertz CT molecular complexity index is 733. The molecule has 0 bridgehead atoms. The van der Waals surface area contributed by atoms with Gasteiger partial charge in [0.1, 0.15) is 0 Å². The summed E-state index contributed by atoms with van der Waals surface area (Å²) in [6.45, 7) is 2.25. The van der Waals surface area contributed by atoms with E-state index in [1.807, 2.05) is 24.3 Å². The van der Waals surface area contributed by atoms with Crippen LogP contribution in [0.4, 0.5) is 0 Å². The molecule has 0 aliphatic heterocycles. The first kappa shape index (κ1) is 31.3. The summed E-state index contributed by atoms with van der Waals surface area (Å²) in [5, 5.41) is 2.84. The average Bonchev–Trinajstić information content (AvgIpc) is 2.77. The summed E-state index contributed by atoms with van der Waals surface area (Å²) in [5.41, 5.74) is 0.959. The molecule has 5 nitrogen and oxygen atoms in total. The molecule has 3 N–H and O–H groups in total. The van der Waals surface area contributed by atoms with Gasteiger partial charge < -0.3 is 15.1 Å². The molecule has 0 fully saturated rings. The molecule has 0 radical (unpaired) electrons. The monoisotopic (exact) mass is 605 g/mol. The fourth-order valence-electron chi connectivity index (χ4n) is 4.01. The van der Waals surface area contributed by atoms with E-state index in [4.69, 9.17) is 0 Å². The lowest BCUT2D eigenvalue weighted by atomic mass is 10.1. The Balaban J connectivity index is 2.13. The molecule has 34 heavy (non-hydrogen) atoms. The highest BCUT2D eigenvalue weighted by molar-refractivity contribution is 14.1. The maximum Gasteiger partial charge on any atom is 0.327 e. The van der Waals surface area contributed by atoms with Crippen LogP contribution in [-0.2, 0) is 15.8 Å². The number of halogens is 1. The zero-order valence-electron chi connectivity index (χ0n) is 20.9. The highest BCUT2D eigenvalue weighted by Gasteiger charge is 2.23. The lowest BCUT2D eigenvalue weighted by Gasteiger charge is -2.19. The Hall–Kier alpha value is -0.690. The average molecular weight is 606 g/mol. The predicted octanol–water partition coefficient (Wildman–Crippen LogP) is 7.53. The van der Waals surface area contributed by atoms with Gasteiger partial charge in [-0.1, -0.05) is 82.6 Å². The third kappa shape index (κ3) is 18.6. The quantitative estimate of drug-likeness (QED) is 0.0621. The van der Waals surface area contributed by atoms with Crippen molar-refractivity contribution in [3.63, 3.8) is 0 Å². The Labute approximate surface area is 220 Å². The van der Waals surface area contributed by atoms with E-state index in [0.29, 0.717) is 12.8 Å². The van der Waals surface area contributed by atoms with Gasteiger partial charge in [-0.15, -0.1) is 0 Å². The van der Waals surface area contributed by atoms with Crippen LogP contribution in [0.25, 0.3) is 0 Å². The smallest absolute Gasteiger partial charge is 0.327 e. The highest BCUT2D eigenvalue weighted by atomic mass is 127. The summed E-state index contributed by atoms with van der Waals surface area (Å²) in [6.07, 6.45) is 20.9. The molecule has 0 saturated heterocycles. The summed E-state index contributed by atoms with van der Waals surface area (Å²) in [4.78, 5) is 31.1. The summed E-state index contributed by atoms with van der Waals surface area (Å²) in [6, 6.07) is 7.22. The molecule has 0 heterocycles. The van der Waals surface area contributed by atoms with E-state index in [9.17, 15) is 19.1 Å². The van der Waals surface area contributed by atoms with Gasteiger partial charge in [0.2, 0.25) is 5.91 Å². The minimum absolute atomic E-state index is 0.124. The van der Waals surface area contributed by atoms with E-state index < -0.39 is 13.6 Å². The number of rotatable bonds is 20. The first-order valence-electron chi connectivity index (χ1n) is 13.0. The van der Waals surface area contributed by atoms with E-state index in [1.165, 1.54) is 57.8 Å². The molecule has 0 unspecified atom stereocenters. The van der Waals surface area contributed by atoms with Crippen LogP contribution < -0.4 is 5.32 Å². The summed E-state index contributed by atoms with van der Waals surface area (Å²) >= 11 is 2.21. The molecule has 1 aromatic rings. The molecule has 194 valence electrons. The Morgan fingerprint density at radius 3 is 2.00 bits per heavy atom. The van der Waals surface area contributed by atoms with E-state index in [2.05, 4.69) is 47.0 Å². The Morgan fingerprint density at radius 1 is 0.912 bits per heavy atom. The van der Waals surface area contributed by atoms with Crippen molar-refractivity contribution < 1.29 is 19.1 Å². The first-order valence-corrected chi connectivity index (χ1v) is 15.9. The normalized spacial score (nSPS) is 12.8. The van der Waals surface area contributed by atoms with Gasteiger partial charge in [-0.2, -0.15) is 0 Å². The molecule has 0 aliphatic carbocycles. The van der Waals surface area contributed by atoms with Crippen molar-refractivity contribution >= 4 is 36.1 Å². The van der Waals surface area contributed by atoms with Crippen molar-refractivity contribution in [3.05, 3.63) is 45.6 Å². The van der Waals surface area contributed by atoms with Gasteiger partial charge in [-0.25, -0.2) is 0 Å². The highest BCUT2D eigenvalue weighted by Crippen LogP contribution is 2.35. The largest absolute Gasteiger partial charge is 0.352 e. The van der Waals surface area contributed by atoms with Gasteiger partial charge in [0.05, 0.1) is 6.16 Å². The molecule has 7 heteroatoms. The van der Waals surface area contributed by atoms with E-state index in [-0.39, 0.29) is 12.1 Å². The van der Waals surface area contributed by atoms with Gasteiger partial charge >= 0.3 is 7.60 Å². The zero-order valence-corrected chi connectivity index (χ0v) is 23.9. The van der Waals surface area contributed by atoms with Crippen molar-refractivity contribution in [1.82, 2.24) is 5.32 Å². The third-order valence-corrected chi connectivity index (χ3v) is 7.52. The topological polar surface area (TPSA) is 86.6 Å². The lowest BCUT2D eigenvalue weighted by molar-refractivity contribution is -0.121. The third-order valence-electron chi connectivity index (χ3n) is 5.88. The molecule has 1 aromatic carbocycles. The standard InChI is InChI=1S/C27H45INO4P/c1-2-3-4-5-6-7-8-9-10-11-12-13-14-15-16-17-27(30)29-26(23-34(31,32)33)22-24-18-20-25(28)21-19-24/h9-10,18-21,26H,2-8,11-17,22-23H2,1H3,(H,29,30)(H2,31,32,33)/t26-/m1/s1. The van der Waals surface area contributed by atoms with Gasteiger partial charge in [-0.3, -0.25) is 9.36 Å². The van der Waals surface area contributed by atoms with Crippen LogP contribution in [-0.4, -0.2) is 27.9 Å².